The molecule has 4 rings (SSSR count). The van der Waals surface area contributed by atoms with Crippen molar-refractivity contribution in [2.45, 2.75) is 19.3 Å². The average Bonchev–Trinajstić information content (AvgIpc) is 3.12. The molecule has 1 aliphatic carbocycles. The van der Waals surface area contributed by atoms with Gasteiger partial charge in [-0.05, 0) is 48.6 Å². The van der Waals surface area contributed by atoms with Crippen LogP contribution in [0.2, 0.25) is 0 Å². The molecule has 1 aliphatic rings. The van der Waals surface area contributed by atoms with Crippen molar-refractivity contribution in [3.05, 3.63) is 59.3 Å². The summed E-state index contributed by atoms with van der Waals surface area (Å²) < 4.78 is 1.74. The SMILES string of the molecule is Cn1nc(C(=O)Nc2ccc3c(c2)CCC3)c2ccccc21. The Hall–Kier alpha value is -2.62. The van der Waals surface area contributed by atoms with Crippen LogP contribution in [0.3, 0.4) is 0 Å². The van der Waals surface area contributed by atoms with Crippen molar-refractivity contribution < 1.29 is 4.79 Å². The molecule has 0 radical (unpaired) electrons. The Morgan fingerprint density at radius 1 is 1.14 bits per heavy atom. The van der Waals surface area contributed by atoms with Crippen LogP contribution < -0.4 is 5.32 Å². The van der Waals surface area contributed by atoms with E-state index in [4.69, 9.17) is 0 Å². The zero-order valence-corrected chi connectivity index (χ0v) is 12.5. The number of benzene rings is 2. The summed E-state index contributed by atoms with van der Waals surface area (Å²) in [5.41, 5.74) is 5.03. The molecule has 0 saturated carbocycles. The molecule has 4 heteroatoms. The van der Waals surface area contributed by atoms with Crippen molar-refractivity contribution in [1.82, 2.24) is 9.78 Å². The fourth-order valence-corrected chi connectivity index (χ4v) is 3.22. The summed E-state index contributed by atoms with van der Waals surface area (Å²) in [6, 6.07) is 14.0. The van der Waals surface area contributed by atoms with E-state index in [9.17, 15) is 4.79 Å². The Bertz CT molecular complexity index is 879. The Morgan fingerprint density at radius 2 is 1.95 bits per heavy atom. The summed E-state index contributed by atoms with van der Waals surface area (Å²) in [6.45, 7) is 0. The van der Waals surface area contributed by atoms with Crippen molar-refractivity contribution >= 4 is 22.5 Å². The molecule has 4 nitrogen and oxygen atoms in total. The van der Waals surface area contributed by atoms with E-state index in [0.717, 1.165) is 29.4 Å². The fourth-order valence-electron chi connectivity index (χ4n) is 3.22. The first kappa shape index (κ1) is 13.1. The van der Waals surface area contributed by atoms with Crippen molar-refractivity contribution in [2.24, 2.45) is 7.05 Å². The van der Waals surface area contributed by atoms with Crippen LogP contribution in [0.15, 0.2) is 42.5 Å². The molecule has 0 aliphatic heterocycles. The van der Waals surface area contributed by atoms with Crippen molar-refractivity contribution in [3.8, 4) is 0 Å². The van der Waals surface area contributed by atoms with Crippen LogP contribution in [0.1, 0.15) is 28.0 Å². The molecule has 22 heavy (non-hydrogen) atoms. The van der Waals surface area contributed by atoms with Gasteiger partial charge < -0.3 is 5.32 Å². The maximum absolute atomic E-state index is 12.6. The molecule has 1 N–H and O–H groups in total. The molecule has 0 fully saturated rings. The normalized spacial score (nSPS) is 13.3. The molecular formula is C18H17N3O. The van der Waals surface area contributed by atoms with Gasteiger partial charge in [-0.3, -0.25) is 9.48 Å². The summed E-state index contributed by atoms with van der Waals surface area (Å²) in [7, 11) is 1.86. The molecule has 0 atom stereocenters. The number of nitrogens with one attached hydrogen (secondary N) is 1. The number of carbonyl (C=O) groups is 1. The van der Waals surface area contributed by atoms with E-state index < -0.39 is 0 Å². The molecule has 1 amide bonds. The highest BCUT2D eigenvalue weighted by Gasteiger charge is 2.17. The lowest BCUT2D eigenvalue weighted by Crippen LogP contribution is -2.13. The maximum atomic E-state index is 12.6. The van der Waals surface area contributed by atoms with E-state index >= 15 is 0 Å². The Balaban J connectivity index is 1.66. The van der Waals surface area contributed by atoms with Gasteiger partial charge in [-0.1, -0.05) is 24.3 Å². The quantitative estimate of drug-likeness (QED) is 0.787. The van der Waals surface area contributed by atoms with E-state index in [1.165, 1.54) is 17.5 Å². The topological polar surface area (TPSA) is 46.9 Å². The summed E-state index contributed by atoms with van der Waals surface area (Å²) in [6.07, 6.45) is 3.46. The number of nitrogens with zero attached hydrogens (tertiary/aromatic N) is 2. The third kappa shape index (κ3) is 2.08. The first-order valence-electron chi connectivity index (χ1n) is 7.57. The van der Waals surface area contributed by atoms with Gasteiger partial charge in [0.2, 0.25) is 0 Å². The molecule has 0 bridgehead atoms. The maximum Gasteiger partial charge on any atom is 0.276 e. The highest BCUT2D eigenvalue weighted by atomic mass is 16.2. The third-order valence-electron chi connectivity index (χ3n) is 4.33. The lowest BCUT2D eigenvalue weighted by molar-refractivity contribution is 0.102. The molecule has 0 spiro atoms. The van der Waals surface area contributed by atoms with Crippen molar-refractivity contribution in [2.75, 3.05) is 5.32 Å². The Kier molecular flexibility index (Phi) is 2.96. The van der Waals surface area contributed by atoms with Crippen LogP contribution in [-0.2, 0) is 19.9 Å². The van der Waals surface area contributed by atoms with Crippen molar-refractivity contribution in [3.63, 3.8) is 0 Å². The number of rotatable bonds is 2. The monoisotopic (exact) mass is 291 g/mol. The van der Waals surface area contributed by atoms with Gasteiger partial charge in [-0.25, -0.2) is 0 Å². The molecular weight excluding hydrogens is 274 g/mol. The van der Waals surface area contributed by atoms with E-state index in [-0.39, 0.29) is 5.91 Å². The van der Waals surface area contributed by atoms with Crippen LogP contribution in [0.5, 0.6) is 0 Å². The molecule has 0 saturated heterocycles. The minimum atomic E-state index is -0.158. The first-order valence-corrected chi connectivity index (χ1v) is 7.57. The smallest absolute Gasteiger partial charge is 0.276 e. The number of carbonyl (C=O) groups excluding carboxylic acids is 1. The first-order chi connectivity index (χ1) is 10.7. The average molecular weight is 291 g/mol. The summed E-state index contributed by atoms with van der Waals surface area (Å²) in [4.78, 5) is 12.6. The summed E-state index contributed by atoms with van der Waals surface area (Å²) >= 11 is 0. The van der Waals surface area contributed by atoms with Gasteiger partial charge in [0, 0.05) is 18.1 Å². The van der Waals surface area contributed by atoms with E-state index in [1.54, 1.807) is 4.68 Å². The largest absolute Gasteiger partial charge is 0.321 e. The zero-order chi connectivity index (χ0) is 15.1. The molecule has 3 aromatic rings. The van der Waals surface area contributed by atoms with Crippen LogP contribution in [0.25, 0.3) is 10.9 Å². The number of fused-ring (bicyclic) bond motifs is 2. The number of amides is 1. The number of hydrogen-bond acceptors (Lipinski definition) is 2. The minimum absolute atomic E-state index is 0.158. The van der Waals surface area contributed by atoms with Crippen LogP contribution >= 0.6 is 0 Å². The highest BCUT2D eigenvalue weighted by molar-refractivity contribution is 6.11. The lowest BCUT2D eigenvalue weighted by Gasteiger charge is -2.06. The number of hydrogen-bond donors (Lipinski definition) is 1. The zero-order valence-electron chi connectivity index (χ0n) is 12.5. The van der Waals surface area contributed by atoms with E-state index in [0.29, 0.717) is 5.69 Å². The van der Waals surface area contributed by atoms with Gasteiger partial charge in [0.05, 0.1) is 5.52 Å². The lowest BCUT2D eigenvalue weighted by atomic mass is 10.1. The highest BCUT2D eigenvalue weighted by Crippen LogP contribution is 2.25. The second-order valence-electron chi connectivity index (χ2n) is 5.78. The molecule has 1 aromatic heterocycles. The predicted octanol–water partition coefficient (Wildman–Crippen LogP) is 3.31. The second-order valence-corrected chi connectivity index (χ2v) is 5.78. The molecule has 1 heterocycles. The van der Waals surface area contributed by atoms with Gasteiger partial charge in [-0.2, -0.15) is 5.10 Å². The number of aromatic nitrogens is 2. The van der Waals surface area contributed by atoms with Gasteiger partial charge in [0.1, 0.15) is 0 Å². The van der Waals surface area contributed by atoms with E-state index in [2.05, 4.69) is 22.5 Å². The predicted molar refractivity (Wildman–Crippen MR) is 87.1 cm³/mol. The van der Waals surface area contributed by atoms with Gasteiger partial charge in [0.25, 0.3) is 5.91 Å². The van der Waals surface area contributed by atoms with Gasteiger partial charge in [0.15, 0.2) is 5.69 Å². The number of para-hydroxylation sites is 1. The van der Waals surface area contributed by atoms with Crippen molar-refractivity contribution in [1.29, 1.82) is 0 Å². The molecule has 110 valence electrons. The minimum Gasteiger partial charge on any atom is -0.321 e. The molecule has 0 unspecified atom stereocenters. The van der Waals surface area contributed by atoms with Crippen LogP contribution in [0, 0.1) is 0 Å². The molecule has 2 aromatic carbocycles. The third-order valence-corrected chi connectivity index (χ3v) is 4.33. The van der Waals surface area contributed by atoms with Gasteiger partial charge in [-0.15, -0.1) is 0 Å². The second kappa shape index (κ2) is 4.98. The fraction of sp³-hybridized carbons (Fsp3) is 0.222. The van der Waals surface area contributed by atoms with Crippen LogP contribution in [-0.4, -0.2) is 15.7 Å². The standard InChI is InChI=1S/C18H17N3O/c1-21-16-8-3-2-7-15(16)17(20-21)18(22)19-14-10-9-12-5-4-6-13(12)11-14/h2-3,7-11H,4-6H2,1H3,(H,19,22). The number of aryl methyl sites for hydroxylation is 3. The number of anilines is 1. The summed E-state index contributed by atoms with van der Waals surface area (Å²) in [5, 5.41) is 8.22. The van der Waals surface area contributed by atoms with E-state index in [1.807, 2.05) is 37.4 Å². The van der Waals surface area contributed by atoms with Gasteiger partial charge >= 0.3 is 0 Å². The summed E-state index contributed by atoms with van der Waals surface area (Å²) in [5.74, 6) is -0.158. The van der Waals surface area contributed by atoms with Crippen LogP contribution in [0.4, 0.5) is 5.69 Å². The Labute approximate surface area is 128 Å². The Morgan fingerprint density at radius 3 is 2.86 bits per heavy atom.